The summed E-state index contributed by atoms with van der Waals surface area (Å²) >= 11 is 0. The number of nitrogens with two attached hydrogens (primary N) is 1. The van der Waals surface area contributed by atoms with Gasteiger partial charge in [0.1, 0.15) is 18.4 Å². The van der Waals surface area contributed by atoms with Crippen LogP contribution in [0.1, 0.15) is 0 Å². The third-order valence-corrected chi connectivity index (χ3v) is 1.64. The van der Waals surface area contributed by atoms with Crippen molar-refractivity contribution in [3.63, 3.8) is 0 Å². The summed E-state index contributed by atoms with van der Waals surface area (Å²) < 4.78 is 5.12. The van der Waals surface area contributed by atoms with Gasteiger partial charge in [-0.2, -0.15) is 5.26 Å². The Morgan fingerprint density at radius 2 is 2.13 bits per heavy atom. The summed E-state index contributed by atoms with van der Waals surface area (Å²) in [4.78, 5) is 9.83. The van der Waals surface area contributed by atoms with Gasteiger partial charge in [0, 0.05) is 12.1 Å². The molecule has 6 nitrogen and oxygen atoms in total. The van der Waals surface area contributed by atoms with E-state index >= 15 is 0 Å². The Hall–Kier alpha value is -2.13. The maximum Gasteiger partial charge on any atom is 0.269 e. The molecule has 0 fully saturated rings. The molecule has 0 bridgehead atoms. The zero-order chi connectivity index (χ0) is 11.3. The van der Waals surface area contributed by atoms with E-state index in [1.54, 1.807) is 0 Å². The fourth-order valence-corrected chi connectivity index (χ4v) is 0.887. The van der Waals surface area contributed by atoms with E-state index in [1.165, 1.54) is 24.3 Å². The molecule has 1 aromatic carbocycles. The van der Waals surface area contributed by atoms with Crippen molar-refractivity contribution in [2.75, 3.05) is 6.61 Å². The highest BCUT2D eigenvalue weighted by atomic mass is 16.6. The molecule has 0 saturated carbocycles. The van der Waals surface area contributed by atoms with Crippen LogP contribution in [0.2, 0.25) is 0 Å². The highest BCUT2D eigenvalue weighted by Crippen LogP contribution is 2.17. The van der Waals surface area contributed by atoms with Crippen LogP contribution in [0.15, 0.2) is 24.3 Å². The van der Waals surface area contributed by atoms with Gasteiger partial charge in [0.25, 0.3) is 5.69 Å². The van der Waals surface area contributed by atoms with E-state index in [1.807, 2.05) is 6.07 Å². The minimum Gasteiger partial charge on any atom is -0.491 e. The zero-order valence-electron chi connectivity index (χ0n) is 7.79. The standard InChI is InChI=1S/C9H9N3O3/c10-5-7(11)6-15-9-3-1-8(2-4-9)12(13)14/h1-4,7H,6,11H2. The molecule has 0 amide bonds. The van der Waals surface area contributed by atoms with E-state index in [-0.39, 0.29) is 12.3 Å². The number of rotatable bonds is 4. The van der Waals surface area contributed by atoms with Gasteiger partial charge in [-0.05, 0) is 12.1 Å². The molecule has 15 heavy (non-hydrogen) atoms. The van der Waals surface area contributed by atoms with Crippen LogP contribution < -0.4 is 10.5 Å². The maximum atomic E-state index is 10.3. The summed E-state index contributed by atoms with van der Waals surface area (Å²) in [7, 11) is 0. The summed E-state index contributed by atoms with van der Waals surface area (Å²) in [6, 6.07) is 6.69. The van der Waals surface area contributed by atoms with Gasteiger partial charge in [-0.25, -0.2) is 0 Å². The van der Waals surface area contributed by atoms with Crippen LogP contribution >= 0.6 is 0 Å². The predicted molar refractivity (Wildman–Crippen MR) is 52.2 cm³/mol. The van der Waals surface area contributed by atoms with Crippen LogP contribution in [0.4, 0.5) is 5.69 Å². The van der Waals surface area contributed by atoms with E-state index in [2.05, 4.69) is 0 Å². The van der Waals surface area contributed by atoms with Crippen molar-refractivity contribution in [2.45, 2.75) is 6.04 Å². The Bertz CT molecular complexity index is 383. The second-order valence-corrected chi connectivity index (χ2v) is 2.80. The van der Waals surface area contributed by atoms with Crippen molar-refractivity contribution in [1.82, 2.24) is 0 Å². The lowest BCUT2D eigenvalue weighted by atomic mass is 10.3. The Balaban J connectivity index is 2.58. The number of benzene rings is 1. The van der Waals surface area contributed by atoms with Crippen LogP contribution in [0.3, 0.4) is 0 Å². The van der Waals surface area contributed by atoms with Crippen LogP contribution in [-0.2, 0) is 0 Å². The largest absolute Gasteiger partial charge is 0.491 e. The van der Waals surface area contributed by atoms with E-state index < -0.39 is 11.0 Å². The van der Waals surface area contributed by atoms with Crippen LogP contribution in [0.25, 0.3) is 0 Å². The second-order valence-electron chi connectivity index (χ2n) is 2.80. The van der Waals surface area contributed by atoms with Crippen LogP contribution in [0.5, 0.6) is 5.75 Å². The molecule has 1 aromatic rings. The first-order valence-electron chi connectivity index (χ1n) is 4.16. The Morgan fingerprint density at radius 3 is 2.60 bits per heavy atom. The van der Waals surface area contributed by atoms with E-state index in [4.69, 9.17) is 15.7 Å². The fraction of sp³-hybridized carbons (Fsp3) is 0.222. The number of nitrogens with zero attached hydrogens (tertiary/aromatic N) is 2. The molecule has 0 saturated heterocycles. The molecule has 1 rings (SSSR count). The average molecular weight is 207 g/mol. The monoisotopic (exact) mass is 207 g/mol. The first kappa shape index (κ1) is 10.9. The van der Waals surface area contributed by atoms with Crippen molar-refractivity contribution in [3.05, 3.63) is 34.4 Å². The van der Waals surface area contributed by atoms with Crippen molar-refractivity contribution < 1.29 is 9.66 Å². The molecule has 1 unspecified atom stereocenters. The van der Waals surface area contributed by atoms with E-state index in [0.29, 0.717) is 5.75 Å². The predicted octanol–water partition coefficient (Wildman–Crippen LogP) is 0.824. The van der Waals surface area contributed by atoms with Gasteiger partial charge >= 0.3 is 0 Å². The first-order valence-corrected chi connectivity index (χ1v) is 4.16. The summed E-state index contributed by atoms with van der Waals surface area (Å²) in [6.07, 6.45) is 0. The molecule has 0 aliphatic rings. The molecule has 1 atom stereocenters. The number of nitro groups is 1. The van der Waals surface area contributed by atoms with Gasteiger partial charge < -0.3 is 10.5 Å². The average Bonchev–Trinajstić information content (AvgIpc) is 2.26. The number of hydrogen-bond acceptors (Lipinski definition) is 5. The Labute approximate surface area is 86.0 Å². The Morgan fingerprint density at radius 1 is 1.53 bits per heavy atom. The smallest absolute Gasteiger partial charge is 0.269 e. The van der Waals surface area contributed by atoms with E-state index in [0.717, 1.165) is 0 Å². The number of ether oxygens (including phenoxy) is 1. The molecule has 78 valence electrons. The van der Waals surface area contributed by atoms with Crippen LogP contribution in [-0.4, -0.2) is 17.6 Å². The zero-order valence-corrected chi connectivity index (χ0v) is 7.79. The van der Waals surface area contributed by atoms with Crippen molar-refractivity contribution in [1.29, 1.82) is 5.26 Å². The van der Waals surface area contributed by atoms with Gasteiger partial charge in [-0.1, -0.05) is 0 Å². The molecule has 0 heterocycles. The summed E-state index contributed by atoms with van der Waals surface area (Å²) in [5, 5.41) is 18.7. The normalized spacial score (nSPS) is 11.5. The molecule has 0 spiro atoms. The lowest BCUT2D eigenvalue weighted by Crippen LogP contribution is -2.25. The molecule has 0 aromatic heterocycles. The first-order chi connectivity index (χ1) is 7.13. The topological polar surface area (TPSA) is 102 Å². The SMILES string of the molecule is N#CC(N)COc1ccc([N+](=O)[O-])cc1. The number of non-ortho nitro benzene ring substituents is 1. The third kappa shape index (κ3) is 3.25. The van der Waals surface area contributed by atoms with Gasteiger partial charge in [0.2, 0.25) is 0 Å². The molecule has 2 N–H and O–H groups in total. The van der Waals surface area contributed by atoms with Crippen molar-refractivity contribution in [3.8, 4) is 11.8 Å². The number of nitro benzene ring substituents is 1. The van der Waals surface area contributed by atoms with Gasteiger partial charge in [0.05, 0.1) is 11.0 Å². The summed E-state index contributed by atoms with van der Waals surface area (Å²) in [6.45, 7) is 0.0638. The highest BCUT2D eigenvalue weighted by molar-refractivity contribution is 5.35. The van der Waals surface area contributed by atoms with Gasteiger partial charge in [-0.15, -0.1) is 0 Å². The molecular weight excluding hydrogens is 198 g/mol. The van der Waals surface area contributed by atoms with Crippen molar-refractivity contribution >= 4 is 5.69 Å². The molecule has 0 aliphatic heterocycles. The lowest BCUT2D eigenvalue weighted by molar-refractivity contribution is -0.384. The molecular formula is C9H9N3O3. The number of hydrogen-bond donors (Lipinski definition) is 1. The third-order valence-electron chi connectivity index (χ3n) is 1.64. The number of nitriles is 1. The maximum absolute atomic E-state index is 10.3. The molecule has 0 aliphatic carbocycles. The second kappa shape index (κ2) is 4.93. The fourth-order valence-electron chi connectivity index (χ4n) is 0.887. The van der Waals surface area contributed by atoms with E-state index in [9.17, 15) is 10.1 Å². The molecule has 0 radical (unpaired) electrons. The highest BCUT2D eigenvalue weighted by Gasteiger charge is 2.05. The van der Waals surface area contributed by atoms with Crippen LogP contribution in [0, 0.1) is 21.4 Å². The minimum atomic E-state index is -0.694. The van der Waals surface area contributed by atoms with Gasteiger partial charge in [0.15, 0.2) is 0 Å². The van der Waals surface area contributed by atoms with Crippen molar-refractivity contribution in [2.24, 2.45) is 5.73 Å². The summed E-state index contributed by atoms with van der Waals surface area (Å²) in [5.41, 5.74) is 5.30. The molecule has 6 heteroatoms. The van der Waals surface area contributed by atoms with Gasteiger partial charge in [-0.3, -0.25) is 10.1 Å². The lowest BCUT2D eigenvalue weighted by Gasteiger charge is -2.06. The Kier molecular flexibility index (Phi) is 3.60. The quantitative estimate of drug-likeness (QED) is 0.581. The summed E-state index contributed by atoms with van der Waals surface area (Å²) in [5.74, 6) is 0.450. The minimum absolute atomic E-state index is 0.00747.